The minimum absolute atomic E-state index is 0.0573. The van der Waals surface area contributed by atoms with Gasteiger partial charge in [0.15, 0.2) is 18.3 Å². The van der Waals surface area contributed by atoms with Crippen molar-refractivity contribution in [3.05, 3.63) is 390 Å². The third kappa shape index (κ3) is 29.8. The molecule has 6 atom stereocenters. The highest BCUT2D eigenvalue weighted by Gasteiger charge is 2.38. The van der Waals surface area contributed by atoms with Crippen LogP contribution in [0.2, 0.25) is 35.3 Å². The number of fused-ring (bicyclic) bond motifs is 4. The number of aliphatic imine (C=N–C) groups is 2. The molecule has 0 bridgehead atoms. The summed E-state index contributed by atoms with van der Waals surface area (Å²) in [4.78, 5) is 82.1. The van der Waals surface area contributed by atoms with Crippen molar-refractivity contribution in [3.63, 3.8) is 0 Å². The minimum atomic E-state index is -1.86. The Hall–Kier alpha value is -14.8. The number of azide groups is 1. The van der Waals surface area contributed by atoms with E-state index in [2.05, 4.69) is 193 Å². The third-order valence-electron chi connectivity index (χ3n) is 22.4. The van der Waals surface area contributed by atoms with Gasteiger partial charge < -0.3 is 35.9 Å². The first-order valence-corrected chi connectivity index (χ1v) is 49.3. The molecule has 752 valence electrons. The standard InChI is InChI=1S/C35H27N3O2.C26H28Cl2N6.C13H15ClN4O2.C13H17ClN4.C11H9ClO2.C8H3Cl2N3O2.C3H5N3/c1-5-14-24(15-6-1)30-32(26-18-9-3-10-19-26)39-34(37-30)28-22-13-23-29(36-28)35-38-31(25-16-7-2-8-17-25)33(40-35)27-20-11-4-12-21-27;1-26(2,3)14-29-25-20-11-16(12-22(28)24(20)30-15-31-25)10-19(18-6-4-5-7-21(18)27)23-13-34(33-32-23)17-8-9-17;1-13(2,3)6-15-12-9-4-8(18(19)20)5-10(14)11(9)16-7-17-12;1-13(2,3)6-16-12-9-4-8(15)5-10(14)11(9)17-7-18-12;1-3-11(14-8(2)13)9-6-4-5-7-10(9)12;9-6-2-4(13(14)15)1-5-7(6)11-3-12-8(5)10;4-6-5-3-1-2-3/h1-23,30-33H;4-7,11-13,15,17,19H,8-10,14H2,1-3H3,(H,29,30,31);4-5,7H,6H2,1-3H3,(H,15,16,17);4-5,7H,6,15H2,1-3H3,(H,16,17,18);1,4-7,11H,2H3;1-3H;3H,1-2H2/t30-,31-,32+,33+;19-;;;;;/m01...../s1/i;19D;;;11D;;. The van der Waals surface area contributed by atoms with E-state index in [0.29, 0.717) is 118 Å². The molecule has 4 aliphatic rings. The lowest BCUT2D eigenvalue weighted by Crippen LogP contribution is -2.19. The predicted molar refractivity (Wildman–Crippen MR) is 583 cm³/mol. The van der Waals surface area contributed by atoms with Gasteiger partial charge in [-0.3, -0.25) is 25.0 Å². The number of hydrogen-bond donors (Lipinski definition) is 4. The number of terminal acetylenes is 1. The van der Waals surface area contributed by atoms with Gasteiger partial charge in [0.1, 0.15) is 71.4 Å². The Morgan fingerprint density at radius 1 is 0.524 bits per heavy atom. The summed E-state index contributed by atoms with van der Waals surface area (Å²) in [7, 11) is 0. The SMILES string of the molecule is CC(C)(C)CNc1ncnc2c(Cl)cc(N)cc12.CC(C)(C)CNc1ncnc2c(Cl)cc([N+](=O)[O-])cc12.O=[N+]([O-])c1cc(Cl)c2ncnc(Cl)c2c1.[2H]C(C#C)(OC(C)=O)c1ccccc1Cl.[2H][C@](Cc1cc(Cl)c2ncnc(NCC(C)(C)C)c2c1)(c1cn(C2CC2)nn1)c1ccccc1Cl.[N-]=[N+]=NC1CC1.c1ccc([C@H]2OC(c3cccc(C4=N[C@@H](c5ccccc5)[C@@H](c5ccccc5)O4)n3)=N[C@H]2c2ccccc2)cc1. The highest BCUT2D eigenvalue weighted by molar-refractivity contribution is 6.39. The lowest BCUT2D eigenvalue weighted by atomic mass is 9.89. The van der Waals surface area contributed by atoms with Crippen molar-refractivity contribution in [1.82, 2.24) is 59.8 Å². The number of nitro groups is 2. The topological polar surface area (TPSA) is 413 Å². The van der Waals surface area contributed by atoms with Gasteiger partial charge in [-0.1, -0.05) is 324 Å². The van der Waals surface area contributed by atoms with Crippen LogP contribution < -0.4 is 21.7 Å². The van der Waals surface area contributed by atoms with Crippen molar-refractivity contribution in [1.29, 1.82) is 0 Å². The fraction of sp³-hybridized carbons (Fsp3) is 0.266. The summed E-state index contributed by atoms with van der Waals surface area (Å²) in [5.41, 5.74) is 24.6. The van der Waals surface area contributed by atoms with Crippen LogP contribution in [0.25, 0.3) is 54.1 Å². The molecule has 1 unspecified atom stereocenters. The Bertz CT molecular complexity index is 7550. The van der Waals surface area contributed by atoms with E-state index in [0.717, 1.165) is 94.5 Å². The van der Waals surface area contributed by atoms with E-state index in [9.17, 15) is 26.4 Å². The molecule has 0 saturated heterocycles. The van der Waals surface area contributed by atoms with Crippen LogP contribution in [-0.2, 0) is 25.4 Å². The number of nitrogens with one attached hydrogen (secondary N) is 3. The van der Waals surface area contributed by atoms with Gasteiger partial charge in [-0.25, -0.2) is 59.5 Å². The summed E-state index contributed by atoms with van der Waals surface area (Å²) < 4.78 is 37.1. The van der Waals surface area contributed by atoms with E-state index in [1.807, 2.05) is 138 Å². The van der Waals surface area contributed by atoms with Crippen molar-refractivity contribution >= 4 is 177 Å². The number of nitro benzene ring substituents is 2. The molecule has 2 aliphatic carbocycles. The quantitative estimate of drug-likeness (QED) is 0.00563. The number of esters is 1. The summed E-state index contributed by atoms with van der Waals surface area (Å²) in [5.74, 6) is 3.31. The number of carbonyl (C=O) groups is 1. The maximum atomic E-state index is 10.9. The number of carbonyl (C=O) groups excluding carboxylic acids is 1. The molecular formula is C109H104Cl7N23O8. The van der Waals surface area contributed by atoms with Gasteiger partial charge in [0.05, 0.1) is 70.5 Å². The number of nitrogen functional groups attached to an aromatic ring is 1. The molecule has 8 heterocycles. The number of hydrogen-bond acceptors (Lipinski definition) is 26. The number of aromatic nitrogens is 12. The number of anilines is 4. The number of halogens is 7. The van der Waals surface area contributed by atoms with Crippen molar-refractivity contribution in [3.8, 4) is 12.3 Å². The molecular weight excluding hydrogens is 2010 g/mol. The number of nitrogens with two attached hydrogens (primary N) is 1. The Kier molecular flexibility index (Phi) is 35.3. The van der Waals surface area contributed by atoms with Crippen molar-refractivity contribution < 1.29 is 31.6 Å². The van der Waals surface area contributed by atoms with Gasteiger partial charge in [0.2, 0.25) is 11.8 Å². The van der Waals surface area contributed by atoms with E-state index in [1.54, 1.807) is 36.4 Å². The first-order chi connectivity index (χ1) is 71.1. The van der Waals surface area contributed by atoms with Gasteiger partial charge in [-0.15, -0.1) is 11.5 Å². The monoisotopic (exact) mass is 2110 g/mol. The average Bonchev–Trinajstić information content (AvgIpc) is 1.63. The molecule has 0 spiro atoms. The first-order valence-electron chi connectivity index (χ1n) is 47.6. The number of rotatable bonds is 22. The fourth-order valence-corrected chi connectivity index (χ4v) is 16.8. The van der Waals surface area contributed by atoms with Gasteiger partial charge >= 0.3 is 5.97 Å². The molecule has 2 fully saturated rings. The first kappa shape index (κ1) is 105. The second kappa shape index (κ2) is 49.4. The van der Waals surface area contributed by atoms with Crippen LogP contribution in [-0.4, -0.2) is 113 Å². The second-order valence-corrected chi connectivity index (χ2v) is 40.7. The molecule has 2 aliphatic heterocycles. The molecule has 6 aromatic heterocycles. The zero-order valence-corrected chi connectivity index (χ0v) is 86.9. The lowest BCUT2D eigenvalue weighted by Gasteiger charge is -2.20. The zero-order valence-electron chi connectivity index (χ0n) is 83.6. The minimum Gasteiger partial charge on any atom is -0.465 e. The van der Waals surface area contributed by atoms with Crippen molar-refractivity contribution in [2.75, 3.05) is 41.3 Å². The normalized spacial score (nSPS) is 16.0. The number of nitrogens with zero attached hydrogens (tertiary/aromatic N) is 19. The van der Waals surface area contributed by atoms with Crippen LogP contribution in [0.3, 0.4) is 0 Å². The van der Waals surface area contributed by atoms with Crippen LogP contribution in [0.4, 0.5) is 34.5 Å². The Morgan fingerprint density at radius 2 is 0.925 bits per heavy atom. The maximum absolute atomic E-state index is 10.9. The molecule has 2 saturated carbocycles. The molecule has 31 nitrogen and oxygen atoms in total. The molecule has 20 rings (SSSR count). The Balaban J connectivity index is 0.000000145. The van der Waals surface area contributed by atoms with Gasteiger partial charge in [0.25, 0.3) is 11.4 Å². The average molecular weight is 2110 g/mol. The highest BCUT2D eigenvalue weighted by atomic mass is 35.5. The van der Waals surface area contributed by atoms with Crippen LogP contribution in [0.5, 0.6) is 0 Å². The lowest BCUT2D eigenvalue weighted by molar-refractivity contribution is -0.384. The van der Waals surface area contributed by atoms with E-state index in [4.69, 9.17) is 129 Å². The van der Waals surface area contributed by atoms with Crippen molar-refractivity contribution in [2.45, 2.75) is 150 Å². The summed E-state index contributed by atoms with van der Waals surface area (Å²) in [6.45, 7) is 22.6. The summed E-state index contributed by atoms with van der Waals surface area (Å²) in [5, 5.41) is 48.6. The highest BCUT2D eigenvalue weighted by Crippen LogP contribution is 2.46. The smallest absolute Gasteiger partial charge is 0.304 e. The number of ether oxygens (including phenoxy) is 3. The molecule has 0 radical (unpaired) electrons. The molecule has 38 heteroatoms. The van der Waals surface area contributed by atoms with Crippen LogP contribution in [0, 0.1) is 48.8 Å². The van der Waals surface area contributed by atoms with Crippen LogP contribution >= 0.6 is 81.2 Å². The Labute approximate surface area is 887 Å². The number of pyridine rings is 1. The van der Waals surface area contributed by atoms with Crippen LogP contribution in [0.15, 0.2) is 283 Å². The summed E-state index contributed by atoms with van der Waals surface area (Å²) in [6, 6.07) is 73.8. The Morgan fingerprint density at radius 3 is 1.34 bits per heavy atom. The van der Waals surface area contributed by atoms with Gasteiger partial charge in [-0.2, -0.15) is 0 Å². The van der Waals surface area contributed by atoms with E-state index in [1.165, 1.54) is 56.5 Å². The molecule has 16 aromatic rings. The second-order valence-electron chi connectivity index (χ2n) is 37.9. The van der Waals surface area contributed by atoms with E-state index >= 15 is 0 Å². The molecule has 0 amide bonds. The predicted octanol–water partition coefficient (Wildman–Crippen LogP) is 28.2. The van der Waals surface area contributed by atoms with Crippen molar-refractivity contribution in [2.24, 2.45) is 31.3 Å². The van der Waals surface area contributed by atoms with E-state index in [-0.39, 0.29) is 72.7 Å². The molecule has 10 aromatic carbocycles. The number of non-ortho nitro benzene ring substituents is 2. The third-order valence-corrected chi connectivity index (χ3v) is 24.5. The maximum Gasteiger partial charge on any atom is 0.304 e. The number of benzene rings is 10. The van der Waals surface area contributed by atoms with Gasteiger partial charge in [0, 0.05) is 113 Å². The fourth-order valence-electron chi connectivity index (χ4n) is 15.0. The molecule has 5 N–H and O–H groups in total. The van der Waals surface area contributed by atoms with Gasteiger partial charge in [-0.05, 0) is 136 Å². The largest absolute Gasteiger partial charge is 0.465 e. The van der Waals surface area contributed by atoms with E-state index < -0.39 is 27.8 Å². The molecule has 147 heavy (non-hydrogen) atoms. The summed E-state index contributed by atoms with van der Waals surface area (Å²) >= 11 is 42.9. The summed E-state index contributed by atoms with van der Waals surface area (Å²) in [6.07, 6.45) is 15.1. The zero-order chi connectivity index (χ0) is 107. The van der Waals surface area contributed by atoms with Crippen LogP contribution in [0.1, 0.15) is 196 Å².